The highest BCUT2D eigenvalue weighted by molar-refractivity contribution is 6.13. The molecular formula is C3H7ClN2O. The standard InChI is InChI=1S/C3H7ClN2O/c1-2-3(7)5-6-4/h6H,2H2,1H3,(H,5,7). The van der Waals surface area contributed by atoms with E-state index < -0.39 is 0 Å². The summed E-state index contributed by atoms with van der Waals surface area (Å²) in [5.74, 6) is -0.116. The Labute approximate surface area is 47.1 Å². The molecule has 0 heterocycles. The molecule has 4 heteroatoms. The van der Waals surface area contributed by atoms with E-state index in [1.807, 2.05) is 4.94 Å². The summed E-state index contributed by atoms with van der Waals surface area (Å²) in [4.78, 5) is 12.1. The molecule has 0 aliphatic heterocycles. The fourth-order valence-corrected chi connectivity index (χ4v) is 0.246. The molecule has 0 aliphatic rings. The second-order valence-corrected chi connectivity index (χ2v) is 1.19. The second kappa shape index (κ2) is 3.89. The van der Waals surface area contributed by atoms with E-state index in [4.69, 9.17) is 11.8 Å². The monoisotopic (exact) mass is 122 g/mol. The first-order valence-corrected chi connectivity index (χ1v) is 2.33. The van der Waals surface area contributed by atoms with Crippen LogP contribution >= 0.6 is 11.8 Å². The lowest BCUT2D eigenvalue weighted by atomic mass is 10.5. The normalized spacial score (nSPS) is 8.29. The molecule has 0 rings (SSSR count). The molecule has 0 aromatic rings. The number of rotatable bonds is 2. The summed E-state index contributed by atoms with van der Waals surface area (Å²) >= 11 is 4.89. The first kappa shape index (κ1) is 6.72. The Kier molecular flexibility index (Phi) is 3.74. The van der Waals surface area contributed by atoms with Crippen LogP contribution in [0.15, 0.2) is 0 Å². The van der Waals surface area contributed by atoms with E-state index in [0.29, 0.717) is 6.42 Å². The SMILES string of the molecule is CCC(=O)NNCl. The zero-order chi connectivity index (χ0) is 5.70. The van der Waals surface area contributed by atoms with E-state index in [0.717, 1.165) is 0 Å². The summed E-state index contributed by atoms with van der Waals surface area (Å²) in [6.07, 6.45) is 0.444. The first-order valence-electron chi connectivity index (χ1n) is 1.95. The zero-order valence-electron chi connectivity index (χ0n) is 3.99. The molecule has 7 heavy (non-hydrogen) atoms. The van der Waals surface area contributed by atoms with Gasteiger partial charge in [0.2, 0.25) is 5.91 Å². The molecule has 0 saturated carbocycles. The van der Waals surface area contributed by atoms with Gasteiger partial charge in [-0.2, -0.15) is 0 Å². The van der Waals surface area contributed by atoms with Gasteiger partial charge in [0.1, 0.15) is 0 Å². The maximum atomic E-state index is 10.2. The first-order chi connectivity index (χ1) is 3.31. The van der Waals surface area contributed by atoms with E-state index in [2.05, 4.69) is 5.43 Å². The lowest BCUT2D eigenvalue weighted by molar-refractivity contribution is -0.121. The van der Waals surface area contributed by atoms with E-state index in [-0.39, 0.29) is 5.91 Å². The predicted molar refractivity (Wildman–Crippen MR) is 27.4 cm³/mol. The summed E-state index contributed by atoms with van der Waals surface area (Å²) in [6, 6.07) is 0. The van der Waals surface area contributed by atoms with Crippen LogP contribution in [0.3, 0.4) is 0 Å². The number of amides is 1. The van der Waals surface area contributed by atoms with Gasteiger partial charge in [-0.1, -0.05) is 6.92 Å². The molecule has 2 N–H and O–H groups in total. The van der Waals surface area contributed by atoms with Crippen LogP contribution in [0.4, 0.5) is 0 Å². The maximum Gasteiger partial charge on any atom is 0.234 e. The van der Waals surface area contributed by atoms with E-state index >= 15 is 0 Å². The van der Waals surface area contributed by atoms with Gasteiger partial charge >= 0.3 is 0 Å². The van der Waals surface area contributed by atoms with E-state index in [1.165, 1.54) is 0 Å². The van der Waals surface area contributed by atoms with E-state index in [9.17, 15) is 4.79 Å². The number of hydrogen-bond acceptors (Lipinski definition) is 2. The van der Waals surface area contributed by atoms with Crippen molar-refractivity contribution in [2.24, 2.45) is 0 Å². The minimum Gasteiger partial charge on any atom is -0.277 e. The average Bonchev–Trinajstić information content (AvgIpc) is 1.68. The molecule has 3 nitrogen and oxygen atoms in total. The number of carbonyl (C=O) groups excluding carboxylic acids is 1. The molecule has 0 unspecified atom stereocenters. The summed E-state index contributed by atoms with van der Waals surface area (Å²) in [7, 11) is 0. The second-order valence-electron chi connectivity index (χ2n) is 0.996. The Morgan fingerprint density at radius 1 is 1.86 bits per heavy atom. The van der Waals surface area contributed by atoms with Crippen molar-refractivity contribution >= 4 is 17.7 Å². The van der Waals surface area contributed by atoms with Crippen molar-refractivity contribution in [3.63, 3.8) is 0 Å². The van der Waals surface area contributed by atoms with Gasteiger partial charge in [0, 0.05) is 6.42 Å². The van der Waals surface area contributed by atoms with Crippen LogP contribution in [-0.4, -0.2) is 5.91 Å². The van der Waals surface area contributed by atoms with Crippen LogP contribution in [-0.2, 0) is 4.79 Å². The van der Waals surface area contributed by atoms with Crippen molar-refractivity contribution in [2.75, 3.05) is 0 Å². The van der Waals surface area contributed by atoms with Gasteiger partial charge in [-0.15, -0.1) is 4.94 Å². The summed E-state index contributed by atoms with van der Waals surface area (Å²) in [5, 5.41) is 0. The lowest BCUT2D eigenvalue weighted by Gasteiger charge is -1.93. The highest BCUT2D eigenvalue weighted by Gasteiger charge is 1.89. The van der Waals surface area contributed by atoms with Crippen LogP contribution in [0.2, 0.25) is 0 Å². The van der Waals surface area contributed by atoms with Crippen molar-refractivity contribution in [1.29, 1.82) is 0 Å². The number of carbonyl (C=O) groups is 1. The average molecular weight is 123 g/mol. The van der Waals surface area contributed by atoms with Crippen LogP contribution < -0.4 is 10.4 Å². The van der Waals surface area contributed by atoms with Crippen molar-refractivity contribution < 1.29 is 4.79 Å². The Balaban J connectivity index is 3.00. The smallest absolute Gasteiger partial charge is 0.234 e. The predicted octanol–water partition coefficient (Wildman–Crippen LogP) is 0.171. The molecule has 0 aliphatic carbocycles. The Hall–Kier alpha value is -0.280. The third kappa shape index (κ3) is 3.55. The van der Waals surface area contributed by atoms with Gasteiger partial charge in [-0.3, -0.25) is 10.2 Å². The molecule has 0 radical (unpaired) electrons. The number of halogens is 1. The van der Waals surface area contributed by atoms with E-state index in [1.54, 1.807) is 6.92 Å². The van der Waals surface area contributed by atoms with Crippen molar-refractivity contribution in [3.05, 3.63) is 0 Å². The zero-order valence-corrected chi connectivity index (χ0v) is 4.75. The topological polar surface area (TPSA) is 41.1 Å². The Bertz CT molecular complexity index is 66.0. The van der Waals surface area contributed by atoms with Crippen molar-refractivity contribution in [2.45, 2.75) is 13.3 Å². The molecule has 0 aromatic carbocycles. The van der Waals surface area contributed by atoms with Crippen LogP contribution in [0.5, 0.6) is 0 Å². The fourth-order valence-electron chi connectivity index (χ4n) is 0.141. The molecule has 42 valence electrons. The molecule has 0 atom stereocenters. The van der Waals surface area contributed by atoms with Crippen molar-refractivity contribution in [1.82, 2.24) is 10.4 Å². The van der Waals surface area contributed by atoms with Crippen LogP contribution in [0, 0.1) is 0 Å². The van der Waals surface area contributed by atoms with Crippen LogP contribution in [0.1, 0.15) is 13.3 Å². The highest BCUT2D eigenvalue weighted by atomic mass is 35.5. The van der Waals surface area contributed by atoms with Gasteiger partial charge in [-0.25, -0.2) is 0 Å². The quantitative estimate of drug-likeness (QED) is 0.405. The van der Waals surface area contributed by atoms with Gasteiger partial charge in [0.15, 0.2) is 0 Å². The van der Waals surface area contributed by atoms with Crippen molar-refractivity contribution in [3.8, 4) is 0 Å². The van der Waals surface area contributed by atoms with Gasteiger partial charge in [-0.05, 0) is 11.8 Å². The minimum atomic E-state index is -0.116. The molecule has 0 fully saturated rings. The molecule has 0 bridgehead atoms. The number of nitrogens with one attached hydrogen (secondary N) is 2. The molecule has 0 aromatic heterocycles. The molecule has 0 spiro atoms. The third-order valence-electron chi connectivity index (χ3n) is 0.508. The summed E-state index contributed by atoms with van der Waals surface area (Å²) in [5.41, 5.74) is 2.17. The summed E-state index contributed by atoms with van der Waals surface area (Å²) < 4.78 is 0. The highest BCUT2D eigenvalue weighted by Crippen LogP contribution is 1.70. The van der Waals surface area contributed by atoms with Crippen LogP contribution in [0.25, 0.3) is 0 Å². The molecule has 1 amide bonds. The summed E-state index contributed by atoms with van der Waals surface area (Å²) in [6.45, 7) is 1.74. The fraction of sp³-hybridized carbons (Fsp3) is 0.667. The number of hydrogen-bond donors (Lipinski definition) is 2. The molecular weight excluding hydrogens is 115 g/mol. The minimum absolute atomic E-state index is 0.116. The Morgan fingerprint density at radius 3 is 2.57 bits per heavy atom. The third-order valence-corrected chi connectivity index (χ3v) is 0.602. The largest absolute Gasteiger partial charge is 0.277 e. The Morgan fingerprint density at radius 2 is 2.43 bits per heavy atom. The van der Waals surface area contributed by atoms with Gasteiger partial charge in [0.25, 0.3) is 0 Å². The van der Waals surface area contributed by atoms with Gasteiger partial charge < -0.3 is 0 Å². The maximum absolute atomic E-state index is 10.2. The number of hydrazine groups is 1. The van der Waals surface area contributed by atoms with Gasteiger partial charge in [0.05, 0.1) is 0 Å². The lowest BCUT2D eigenvalue weighted by Crippen LogP contribution is -2.29. The molecule has 0 saturated heterocycles.